The first kappa shape index (κ1) is 14.6. The molecule has 0 N–H and O–H groups in total. The molecule has 0 aliphatic heterocycles. The zero-order valence-electron chi connectivity index (χ0n) is 11.0. The Morgan fingerprint density at radius 3 is 2.83 bits per heavy atom. The Kier molecular flexibility index (Phi) is 6.35. The van der Waals surface area contributed by atoms with Gasteiger partial charge in [0.15, 0.2) is 5.78 Å². The average molecular weight is 266 g/mol. The zero-order valence-corrected chi connectivity index (χ0v) is 11.8. The summed E-state index contributed by atoms with van der Waals surface area (Å²) in [6.45, 7) is 4.19. The number of rotatable bonds is 7. The van der Waals surface area contributed by atoms with E-state index < -0.39 is 0 Å². The van der Waals surface area contributed by atoms with Gasteiger partial charge in [-0.1, -0.05) is 35.6 Å². The Hall–Kier alpha value is -1.43. The largest absolute Gasteiger partial charge is 0.298 e. The molecule has 0 radical (unpaired) electrons. The van der Waals surface area contributed by atoms with Crippen molar-refractivity contribution in [2.24, 2.45) is 0 Å². The van der Waals surface area contributed by atoms with Gasteiger partial charge in [-0.3, -0.25) is 4.79 Å². The first-order valence-corrected chi connectivity index (χ1v) is 7.00. The average Bonchev–Trinajstić information content (AvgIpc) is 2.81. The summed E-state index contributed by atoms with van der Waals surface area (Å²) >= 11 is 1.41. The summed E-state index contributed by atoms with van der Waals surface area (Å²) in [6, 6.07) is 0. The fourth-order valence-electron chi connectivity index (χ4n) is 1.29. The Balaban J connectivity index is 2.38. The molecular weight excluding hydrogens is 248 g/mol. The molecule has 0 saturated heterocycles. The number of hydrogen-bond acceptors (Lipinski definition) is 5. The minimum Gasteiger partial charge on any atom is -0.298 e. The van der Waals surface area contributed by atoms with E-state index in [1.807, 2.05) is 38.3 Å². The van der Waals surface area contributed by atoms with Crippen molar-refractivity contribution in [1.29, 1.82) is 0 Å². The lowest BCUT2D eigenvalue weighted by atomic mass is 10.1. The SMILES string of the molecule is C/C=C\C=C(/C)CCC(=O)Cn1nnc(SC)n1. The smallest absolute Gasteiger partial charge is 0.230 e. The van der Waals surface area contributed by atoms with Crippen LogP contribution in [0.5, 0.6) is 0 Å². The third-order valence-electron chi connectivity index (χ3n) is 2.31. The first-order valence-electron chi connectivity index (χ1n) is 5.77. The number of nitrogens with zero attached hydrogens (tertiary/aromatic N) is 4. The molecule has 0 amide bonds. The van der Waals surface area contributed by atoms with Gasteiger partial charge in [0.25, 0.3) is 0 Å². The third kappa shape index (κ3) is 5.27. The monoisotopic (exact) mass is 266 g/mol. The molecule has 5 nitrogen and oxygen atoms in total. The van der Waals surface area contributed by atoms with Gasteiger partial charge >= 0.3 is 0 Å². The highest BCUT2D eigenvalue weighted by atomic mass is 32.2. The molecule has 0 atom stereocenters. The van der Waals surface area contributed by atoms with Crippen LogP contribution in [0.2, 0.25) is 0 Å². The van der Waals surface area contributed by atoms with Crippen molar-refractivity contribution < 1.29 is 4.79 Å². The summed E-state index contributed by atoms with van der Waals surface area (Å²) in [5, 5.41) is 12.3. The maximum Gasteiger partial charge on any atom is 0.230 e. The number of tetrazole rings is 1. The molecule has 0 unspecified atom stereocenters. The standard InChI is InChI=1S/C12H18N4OS/c1-4-5-6-10(2)7-8-11(17)9-16-14-12(18-3)13-15-16/h4-6H,7-9H2,1-3H3/b5-4-,10-6+. The van der Waals surface area contributed by atoms with Crippen LogP contribution in [0.15, 0.2) is 29.0 Å². The summed E-state index contributed by atoms with van der Waals surface area (Å²) in [5.74, 6) is 0.119. The molecule has 6 heteroatoms. The summed E-state index contributed by atoms with van der Waals surface area (Å²) in [7, 11) is 0. The van der Waals surface area contributed by atoms with E-state index in [2.05, 4.69) is 15.4 Å². The van der Waals surface area contributed by atoms with Gasteiger partial charge in [0.1, 0.15) is 6.54 Å². The molecule has 0 saturated carbocycles. The number of thioether (sulfide) groups is 1. The van der Waals surface area contributed by atoms with Crippen molar-refractivity contribution in [2.45, 2.75) is 38.4 Å². The summed E-state index contributed by atoms with van der Waals surface area (Å²) < 4.78 is 0. The van der Waals surface area contributed by atoms with E-state index in [0.29, 0.717) is 11.6 Å². The number of allylic oxidation sites excluding steroid dienone is 4. The van der Waals surface area contributed by atoms with E-state index in [9.17, 15) is 4.79 Å². The van der Waals surface area contributed by atoms with Crippen LogP contribution in [0.4, 0.5) is 0 Å². The molecule has 0 aromatic carbocycles. The number of aromatic nitrogens is 4. The molecule has 1 aromatic rings. The highest BCUT2D eigenvalue weighted by Gasteiger charge is 2.07. The molecule has 1 aromatic heterocycles. The molecule has 0 aliphatic rings. The lowest BCUT2D eigenvalue weighted by Crippen LogP contribution is -2.12. The summed E-state index contributed by atoms with van der Waals surface area (Å²) in [6.07, 6.45) is 9.12. The van der Waals surface area contributed by atoms with Crippen molar-refractivity contribution in [2.75, 3.05) is 6.26 Å². The van der Waals surface area contributed by atoms with Crippen molar-refractivity contribution >= 4 is 17.5 Å². The molecule has 1 rings (SSSR count). The van der Waals surface area contributed by atoms with Gasteiger partial charge in [0.2, 0.25) is 5.16 Å². The van der Waals surface area contributed by atoms with E-state index in [1.54, 1.807) is 0 Å². The van der Waals surface area contributed by atoms with Crippen molar-refractivity contribution in [3.8, 4) is 0 Å². The minimum atomic E-state index is 0.119. The first-order chi connectivity index (χ1) is 8.65. The molecular formula is C12H18N4OS. The number of ketones is 1. The molecule has 18 heavy (non-hydrogen) atoms. The van der Waals surface area contributed by atoms with Gasteiger partial charge < -0.3 is 0 Å². The Morgan fingerprint density at radius 2 is 2.22 bits per heavy atom. The highest BCUT2D eigenvalue weighted by molar-refractivity contribution is 7.98. The van der Waals surface area contributed by atoms with Crippen molar-refractivity contribution in [1.82, 2.24) is 20.2 Å². The van der Waals surface area contributed by atoms with Gasteiger partial charge in [-0.2, -0.15) is 4.80 Å². The fourth-order valence-corrected chi connectivity index (χ4v) is 1.59. The molecule has 0 aliphatic carbocycles. The minimum absolute atomic E-state index is 0.119. The topological polar surface area (TPSA) is 60.7 Å². The number of hydrogen-bond donors (Lipinski definition) is 0. The Labute approximate surface area is 111 Å². The van der Waals surface area contributed by atoms with Crippen LogP contribution in [-0.4, -0.2) is 32.2 Å². The second kappa shape index (κ2) is 7.81. The van der Waals surface area contributed by atoms with Gasteiger partial charge in [-0.25, -0.2) is 0 Å². The van der Waals surface area contributed by atoms with Crippen molar-refractivity contribution in [3.05, 3.63) is 23.8 Å². The Morgan fingerprint density at radius 1 is 1.44 bits per heavy atom. The predicted molar refractivity (Wildman–Crippen MR) is 72.4 cm³/mol. The van der Waals surface area contributed by atoms with E-state index in [-0.39, 0.29) is 12.3 Å². The second-order valence-electron chi connectivity index (χ2n) is 3.88. The van der Waals surface area contributed by atoms with Crippen LogP contribution in [-0.2, 0) is 11.3 Å². The van der Waals surface area contributed by atoms with Gasteiger partial charge in [-0.15, -0.1) is 10.2 Å². The molecule has 0 fully saturated rings. The molecule has 1 heterocycles. The van der Waals surface area contributed by atoms with Crippen LogP contribution >= 0.6 is 11.8 Å². The summed E-state index contributed by atoms with van der Waals surface area (Å²) in [5.41, 5.74) is 1.19. The number of carbonyl (C=O) groups excluding carboxylic acids is 1. The number of carbonyl (C=O) groups is 1. The van der Waals surface area contributed by atoms with E-state index in [4.69, 9.17) is 0 Å². The van der Waals surface area contributed by atoms with E-state index in [1.165, 1.54) is 22.1 Å². The van der Waals surface area contributed by atoms with Crippen LogP contribution in [0, 0.1) is 0 Å². The van der Waals surface area contributed by atoms with E-state index in [0.717, 1.165) is 6.42 Å². The fraction of sp³-hybridized carbons (Fsp3) is 0.500. The van der Waals surface area contributed by atoms with Crippen molar-refractivity contribution in [3.63, 3.8) is 0 Å². The normalized spacial score (nSPS) is 12.3. The molecule has 0 bridgehead atoms. The van der Waals surface area contributed by atoms with Gasteiger partial charge in [-0.05, 0) is 31.7 Å². The van der Waals surface area contributed by atoms with Crippen LogP contribution in [0.1, 0.15) is 26.7 Å². The van der Waals surface area contributed by atoms with Gasteiger partial charge in [0.05, 0.1) is 0 Å². The lowest BCUT2D eigenvalue weighted by Gasteiger charge is -2.00. The second-order valence-corrected chi connectivity index (χ2v) is 4.66. The maximum absolute atomic E-state index is 11.7. The van der Waals surface area contributed by atoms with Crippen LogP contribution in [0.3, 0.4) is 0 Å². The number of Topliss-reactive ketones (excluding diaryl/α,β-unsaturated/α-hetero) is 1. The molecule has 98 valence electrons. The van der Waals surface area contributed by atoms with Gasteiger partial charge in [0, 0.05) is 6.42 Å². The summed E-state index contributed by atoms with van der Waals surface area (Å²) in [4.78, 5) is 13.1. The highest BCUT2D eigenvalue weighted by Crippen LogP contribution is 2.07. The van der Waals surface area contributed by atoms with Crippen LogP contribution in [0.25, 0.3) is 0 Å². The zero-order chi connectivity index (χ0) is 13.4. The Bertz CT molecular complexity index is 451. The quantitative estimate of drug-likeness (QED) is 0.559. The van der Waals surface area contributed by atoms with Crippen LogP contribution < -0.4 is 0 Å². The predicted octanol–water partition coefficient (Wildman–Crippen LogP) is 2.27. The third-order valence-corrected chi connectivity index (χ3v) is 2.83. The van der Waals surface area contributed by atoms with E-state index >= 15 is 0 Å². The maximum atomic E-state index is 11.7. The lowest BCUT2D eigenvalue weighted by molar-refractivity contribution is -0.120. The molecule has 0 spiro atoms.